The summed E-state index contributed by atoms with van der Waals surface area (Å²) in [5.74, 6) is -1.05. The van der Waals surface area contributed by atoms with Crippen LogP contribution in [0.25, 0.3) is 0 Å². The van der Waals surface area contributed by atoms with Crippen LogP contribution in [0.15, 0.2) is 23.1 Å². The van der Waals surface area contributed by atoms with Crippen LogP contribution in [0.2, 0.25) is 0 Å². The molecule has 1 heterocycles. The SMILES string of the molecule is O=C(O)[C@H]1CCCCN1S(=O)(=O)c1ccc2c(c1)CCCC2. The first-order chi connectivity index (χ1) is 10.5. The van der Waals surface area contributed by atoms with E-state index < -0.39 is 22.0 Å². The first-order valence-corrected chi connectivity index (χ1v) is 9.30. The third-order valence-corrected chi connectivity index (χ3v) is 6.57. The topological polar surface area (TPSA) is 74.7 Å². The van der Waals surface area contributed by atoms with Crippen LogP contribution in [0.4, 0.5) is 0 Å². The average Bonchev–Trinajstić information content (AvgIpc) is 2.54. The summed E-state index contributed by atoms with van der Waals surface area (Å²) in [7, 11) is -3.74. The first-order valence-electron chi connectivity index (χ1n) is 7.86. The summed E-state index contributed by atoms with van der Waals surface area (Å²) in [5, 5.41) is 9.30. The van der Waals surface area contributed by atoms with Crippen LogP contribution in [0.5, 0.6) is 0 Å². The molecule has 0 aromatic heterocycles. The molecule has 1 aromatic rings. The quantitative estimate of drug-likeness (QED) is 0.925. The van der Waals surface area contributed by atoms with Crippen LogP contribution >= 0.6 is 0 Å². The summed E-state index contributed by atoms with van der Waals surface area (Å²) in [6, 6.07) is 4.33. The predicted octanol–water partition coefficient (Wildman–Crippen LogP) is 2.19. The highest BCUT2D eigenvalue weighted by atomic mass is 32.2. The minimum absolute atomic E-state index is 0.237. The van der Waals surface area contributed by atoms with Crippen LogP contribution in [0.1, 0.15) is 43.2 Å². The van der Waals surface area contributed by atoms with Gasteiger partial charge in [0.1, 0.15) is 6.04 Å². The van der Waals surface area contributed by atoms with E-state index in [4.69, 9.17) is 0 Å². The lowest BCUT2D eigenvalue weighted by atomic mass is 9.92. The summed E-state index contributed by atoms with van der Waals surface area (Å²) >= 11 is 0. The van der Waals surface area contributed by atoms with Crippen molar-refractivity contribution in [2.24, 2.45) is 0 Å². The Morgan fingerprint density at radius 3 is 2.55 bits per heavy atom. The lowest BCUT2D eigenvalue weighted by Crippen LogP contribution is -2.47. The molecule has 1 N–H and O–H groups in total. The molecule has 0 radical (unpaired) electrons. The third kappa shape index (κ3) is 2.77. The maximum absolute atomic E-state index is 12.9. The summed E-state index contributed by atoms with van der Waals surface area (Å²) in [4.78, 5) is 11.6. The number of rotatable bonds is 3. The summed E-state index contributed by atoms with van der Waals surface area (Å²) < 4.78 is 26.9. The largest absolute Gasteiger partial charge is 0.480 e. The van der Waals surface area contributed by atoms with Crippen molar-refractivity contribution < 1.29 is 18.3 Å². The molecule has 0 saturated carbocycles. The Labute approximate surface area is 131 Å². The van der Waals surface area contributed by atoms with Crippen molar-refractivity contribution in [3.63, 3.8) is 0 Å². The van der Waals surface area contributed by atoms with Crippen molar-refractivity contribution in [3.05, 3.63) is 29.3 Å². The number of carbonyl (C=O) groups is 1. The second-order valence-corrected chi connectivity index (χ2v) is 7.99. The number of carboxylic acids is 1. The number of aliphatic carboxylic acids is 1. The lowest BCUT2D eigenvalue weighted by Gasteiger charge is -2.32. The minimum atomic E-state index is -3.74. The van der Waals surface area contributed by atoms with Crippen LogP contribution in [0.3, 0.4) is 0 Å². The number of nitrogens with zero attached hydrogens (tertiary/aromatic N) is 1. The van der Waals surface area contributed by atoms with Crippen molar-refractivity contribution in [3.8, 4) is 0 Å². The average molecular weight is 323 g/mol. The van der Waals surface area contributed by atoms with Gasteiger partial charge >= 0.3 is 5.97 Å². The van der Waals surface area contributed by atoms with Crippen molar-refractivity contribution in [2.75, 3.05) is 6.54 Å². The van der Waals surface area contributed by atoms with Crippen LogP contribution in [-0.4, -0.2) is 36.4 Å². The molecule has 1 saturated heterocycles. The molecule has 1 atom stereocenters. The fourth-order valence-corrected chi connectivity index (χ4v) is 5.15. The molecular formula is C16H21NO4S. The minimum Gasteiger partial charge on any atom is -0.480 e. The molecule has 0 bridgehead atoms. The smallest absolute Gasteiger partial charge is 0.322 e. The monoisotopic (exact) mass is 323 g/mol. The van der Waals surface area contributed by atoms with E-state index in [0.29, 0.717) is 12.8 Å². The van der Waals surface area contributed by atoms with Crippen molar-refractivity contribution in [2.45, 2.75) is 55.9 Å². The van der Waals surface area contributed by atoms with E-state index in [9.17, 15) is 18.3 Å². The highest BCUT2D eigenvalue weighted by Crippen LogP contribution is 2.29. The van der Waals surface area contributed by atoms with Gasteiger partial charge in [-0.15, -0.1) is 0 Å². The third-order valence-electron chi connectivity index (χ3n) is 4.67. The van der Waals surface area contributed by atoms with Gasteiger partial charge in [-0.25, -0.2) is 8.42 Å². The van der Waals surface area contributed by atoms with E-state index in [0.717, 1.165) is 37.7 Å². The number of benzene rings is 1. The number of aryl methyl sites for hydroxylation is 2. The number of hydrogen-bond acceptors (Lipinski definition) is 3. The van der Waals surface area contributed by atoms with Crippen molar-refractivity contribution in [1.29, 1.82) is 0 Å². The van der Waals surface area contributed by atoms with Gasteiger partial charge in [0.2, 0.25) is 10.0 Å². The molecule has 22 heavy (non-hydrogen) atoms. The standard InChI is InChI=1S/C16H21NO4S/c18-16(19)15-7-3-4-10-17(15)22(20,21)14-9-8-12-5-1-2-6-13(12)11-14/h8-9,11,15H,1-7,10H2,(H,18,19)/t15-/m1/s1. The molecule has 5 nitrogen and oxygen atoms in total. The zero-order valence-electron chi connectivity index (χ0n) is 12.5. The Morgan fingerprint density at radius 1 is 1.09 bits per heavy atom. The van der Waals surface area contributed by atoms with Crippen LogP contribution in [0, 0.1) is 0 Å². The van der Waals surface area contributed by atoms with Crippen LogP contribution in [-0.2, 0) is 27.7 Å². The normalized spacial score (nSPS) is 23.0. The molecular weight excluding hydrogens is 302 g/mol. The Morgan fingerprint density at radius 2 is 1.82 bits per heavy atom. The maximum atomic E-state index is 12.9. The number of hydrogen-bond donors (Lipinski definition) is 1. The van der Waals surface area contributed by atoms with Gasteiger partial charge in [-0.2, -0.15) is 4.31 Å². The van der Waals surface area contributed by atoms with Gasteiger partial charge < -0.3 is 5.11 Å². The maximum Gasteiger partial charge on any atom is 0.322 e. The molecule has 3 rings (SSSR count). The van der Waals surface area contributed by atoms with E-state index in [1.165, 1.54) is 9.87 Å². The van der Waals surface area contributed by atoms with E-state index in [1.807, 2.05) is 6.07 Å². The zero-order chi connectivity index (χ0) is 15.7. The molecule has 6 heteroatoms. The predicted molar refractivity (Wildman–Crippen MR) is 82.3 cm³/mol. The fraction of sp³-hybridized carbons (Fsp3) is 0.562. The fourth-order valence-electron chi connectivity index (χ4n) is 3.45. The molecule has 1 aliphatic carbocycles. The van der Waals surface area contributed by atoms with E-state index in [2.05, 4.69) is 0 Å². The van der Waals surface area contributed by atoms with Gasteiger partial charge in [-0.05, 0) is 68.2 Å². The van der Waals surface area contributed by atoms with Crippen molar-refractivity contribution in [1.82, 2.24) is 4.31 Å². The van der Waals surface area contributed by atoms with Gasteiger partial charge in [-0.1, -0.05) is 6.07 Å². The summed E-state index contributed by atoms with van der Waals surface area (Å²) in [6.07, 6.45) is 5.99. The van der Waals surface area contributed by atoms with Crippen LogP contribution < -0.4 is 0 Å². The Kier molecular flexibility index (Phi) is 4.23. The van der Waals surface area contributed by atoms with Gasteiger partial charge in [-0.3, -0.25) is 4.79 Å². The summed E-state index contributed by atoms with van der Waals surface area (Å²) in [6.45, 7) is 0.288. The van der Waals surface area contributed by atoms with E-state index in [1.54, 1.807) is 12.1 Å². The van der Waals surface area contributed by atoms with E-state index in [-0.39, 0.29) is 11.4 Å². The molecule has 1 aromatic carbocycles. The Balaban J connectivity index is 1.96. The zero-order valence-corrected chi connectivity index (χ0v) is 13.3. The number of carboxylic acid groups (broad SMARTS) is 1. The first kappa shape index (κ1) is 15.5. The Bertz CT molecular complexity index is 683. The number of sulfonamides is 1. The second kappa shape index (κ2) is 6.01. The van der Waals surface area contributed by atoms with E-state index >= 15 is 0 Å². The van der Waals surface area contributed by atoms with Crippen molar-refractivity contribution >= 4 is 16.0 Å². The summed E-state index contributed by atoms with van der Waals surface area (Å²) in [5.41, 5.74) is 2.31. The van der Waals surface area contributed by atoms with Gasteiger partial charge in [0.15, 0.2) is 0 Å². The molecule has 0 spiro atoms. The molecule has 1 fully saturated rings. The molecule has 0 amide bonds. The number of fused-ring (bicyclic) bond motifs is 1. The Hall–Kier alpha value is -1.40. The second-order valence-electron chi connectivity index (χ2n) is 6.10. The van der Waals surface area contributed by atoms with Gasteiger partial charge in [0.25, 0.3) is 0 Å². The molecule has 2 aliphatic rings. The number of piperidine rings is 1. The highest BCUT2D eigenvalue weighted by molar-refractivity contribution is 7.89. The van der Waals surface area contributed by atoms with Gasteiger partial charge in [0.05, 0.1) is 4.90 Å². The highest BCUT2D eigenvalue weighted by Gasteiger charge is 2.37. The molecule has 0 unspecified atom stereocenters. The van der Waals surface area contributed by atoms with Gasteiger partial charge in [0, 0.05) is 6.54 Å². The molecule has 1 aliphatic heterocycles. The molecule has 120 valence electrons. The lowest BCUT2D eigenvalue weighted by molar-refractivity contribution is -0.142.